The van der Waals surface area contributed by atoms with Crippen LogP contribution in [0.1, 0.15) is 12.5 Å². The minimum atomic E-state index is -4.05. The maximum Gasteiger partial charge on any atom is 0.264 e. The largest absolute Gasteiger partial charge is 0.357 e. The molecule has 3 aromatic carbocycles. The van der Waals surface area contributed by atoms with Crippen LogP contribution in [0.25, 0.3) is 0 Å². The van der Waals surface area contributed by atoms with Gasteiger partial charge in [-0.15, -0.1) is 0 Å². The Labute approximate surface area is 227 Å². The molecule has 0 fully saturated rings. The smallest absolute Gasteiger partial charge is 0.264 e. The third-order valence-electron chi connectivity index (χ3n) is 5.38. The summed E-state index contributed by atoms with van der Waals surface area (Å²) in [5, 5.41) is 2.57. The zero-order chi connectivity index (χ0) is 25.6. The van der Waals surface area contributed by atoms with Gasteiger partial charge in [-0.25, -0.2) is 8.42 Å². The van der Waals surface area contributed by atoms with Gasteiger partial charge in [0.2, 0.25) is 11.8 Å². The summed E-state index contributed by atoms with van der Waals surface area (Å²) in [5.41, 5.74) is 1.16. The van der Waals surface area contributed by atoms with Crippen molar-refractivity contribution in [2.45, 2.75) is 24.4 Å². The van der Waals surface area contributed by atoms with E-state index < -0.39 is 28.5 Å². The molecule has 35 heavy (non-hydrogen) atoms. The van der Waals surface area contributed by atoms with Crippen LogP contribution in [-0.2, 0) is 26.2 Å². The average molecular weight is 670 g/mol. The van der Waals surface area contributed by atoms with Gasteiger partial charge in [0, 0.05) is 21.6 Å². The van der Waals surface area contributed by atoms with E-state index in [2.05, 4.69) is 43.8 Å². The highest BCUT2D eigenvalue weighted by Gasteiger charge is 2.32. The van der Waals surface area contributed by atoms with Gasteiger partial charge in [-0.3, -0.25) is 13.9 Å². The van der Waals surface area contributed by atoms with E-state index in [4.69, 9.17) is 0 Å². The fourth-order valence-corrected chi connectivity index (χ4v) is 5.72. The molecule has 0 saturated heterocycles. The van der Waals surface area contributed by atoms with Crippen molar-refractivity contribution in [2.24, 2.45) is 0 Å². The number of rotatable bonds is 9. The SMILES string of the molecule is CNC(=O)C(C)N(Cc1cccc(Br)c1)C(=O)CN(c1ccc(I)cc1)S(=O)(=O)c1ccccc1. The Bertz CT molecular complexity index is 1290. The molecule has 0 aromatic heterocycles. The molecule has 0 aliphatic rings. The summed E-state index contributed by atoms with van der Waals surface area (Å²) in [7, 11) is -2.55. The molecular formula is C25H25BrIN3O4S. The van der Waals surface area contributed by atoms with Crippen molar-refractivity contribution >= 4 is 66.0 Å². The van der Waals surface area contributed by atoms with Crippen LogP contribution in [-0.4, -0.2) is 44.8 Å². The first-order valence-electron chi connectivity index (χ1n) is 10.7. The molecule has 3 rings (SSSR count). The summed E-state index contributed by atoms with van der Waals surface area (Å²) in [6.07, 6.45) is 0. The number of nitrogens with zero attached hydrogens (tertiary/aromatic N) is 2. The van der Waals surface area contributed by atoms with Gasteiger partial charge < -0.3 is 10.2 Å². The normalized spacial score (nSPS) is 12.0. The minimum Gasteiger partial charge on any atom is -0.357 e. The van der Waals surface area contributed by atoms with Crippen molar-refractivity contribution in [1.29, 1.82) is 0 Å². The van der Waals surface area contributed by atoms with E-state index >= 15 is 0 Å². The van der Waals surface area contributed by atoms with Crippen LogP contribution in [0.5, 0.6) is 0 Å². The average Bonchev–Trinajstić information content (AvgIpc) is 2.86. The second-order valence-corrected chi connectivity index (χ2v) is 11.8. The number of benzene rings is 3. The summed E-state index contributed by atoms with van der Waals surface area (Å²) in [5.74, 6) is -0.848. The van der Waals surface area contributed by atoms with Gasteiger partial charge in [0.15, 0.2) is 0 Å². The Balaban J connectivity index is 2.01. The number of hydrogen-bond donors (Lipinski definition) is 1. The number of halogens is 2. The third kappa shape index (κ3) is 6.83. The Morgan fingerprint density at radius 2 is 1.66 bits per heavy atom. The van der Waals surface area contributed by atoms with E-state index in [1.807, 2.05) is 24.3 Å². The number of likely N-dealkylation sites (N-methyl/N-ethyl adjacent to an activating group) is 1. The molecular weight excluding hydrogens is 645 g/mol. The summed E-state index contributed by atoms with van der Waals surface area (Å²) in [6.45, 7) is 1.29. The lowest BCUT2D eigenvalue weighted by Gasteiger charge is -2.31. The molecule has 1 unspecified atom stereocenters. The fraction of sp³-hybridized carbons (Fsp3) is 0.200. The standard InChI is InChI=1S/C25H25BrIN3O4S/c1-18(25(32)28-2)29(16-19-7-6-8-20(26)15-19)24(31)17-30(22-13-11-21(27)12-14-22)35(33,34)23-9-4-3-5-10-23/h3-15,18H,16-17H2,1-2H3,(H,28,32). The highest BCUT2D eigenvalue weighted by molar-refractivity contribution is 14.1. The lowest BCUT2D eigenvalue weighted by atomic mass is 10.1. The maximum atomic E-state index is 13.6. The highest BCUT2D eigenvalue weighted by atomic mass is 127. The topological polar surface area (TPSA) is 86.8 Å². The monoisotopic (exact) mass is 669 g/mol. The molecule has 0 aliphatic carbocycles. The van der Waals surface area contributed by atoms with Crippen molar-refractivity contribution in [1.82, 2.24) is 10.2 Å². The number of hydrogen-bond acceptors (Lipinski definition) is 4. The predicted octanol–water partition coefficient (Wildman–Crippen LogP) is 4.41. The molecule has 0 bridgehead atoms. The van der Waals surface area contributed by atoms with Gasteiger partial charge in [0.05, 0.1) is 10.6 Å². The van der Waals surface area contributed by atoms with E-state index in [9.17, 15) is 18.0 Å². The molecule has 2 amide bonds. The first-order chi connectivity index (χ1) is 16.6. The molecule has 3 aromatic rings. The van der Waals surface area contributed by atoms with Crippen LogP contribution < -0.4 is 9.62 Å². The molecule has 0 saturated carbocycles. The van der Waals surface area contributed by atoms with Crippen molar-refractivity contribution < 1.29 is 18.0 Å². The van der Waals surface area contributed by atoms with Crippen molar-refractivity contribution in [3.05, 3.63) is 92.5 Å². The van der Waals surface area contributed by atoms with E-state index in [1.54, 1.807) is 49.4 Å². The van der Waals surface area contributed by atoms with Gasteiger partial charge in [-0.2, -0.15) is 0 Å². The van der Waals surface area contributed by atoms with Gasteiger partial charge in [0.1, 0.15) is 12.6 Å². The Morgan fingerprint density at radius 1 is 1.00 bits per heavy atom. The zero-order valence-corrected chi connectivity index (χ0v) is 23.7. The number of anilines is 1. The van der Waals surface area contributed by atoms with Crippen LogP contribution in [0.3, 0.4) is 0 Å². The van der Waals surface area contributed by atoms with Gasteiger partial charge >= 0.3 is 0 Å². The maximum absolute atomic E-state index is 13.6. The van der Waals surface area contributed by atoms with Gasteiger partial charge in [-0.1, -0.05) is 46.3 Å². The molecule has 0 heterocycles. The number of sulfonamides is 1. The van der Waals surface area contributed by atoms with E-state index in [-0.39, 0.29) is 17.3 Å². The second kappa shape index (κ2) is 12.0. The van der Waals surface area contributed by atoms with E-state index in [1.165, 1.54) is 24.1 Å². The molecule has 0 spiro atoms. The van der Waals surface area contributed by atoms with Crippen molar-refractivity contribution in [2.75, 3.05) is 17.9 Å². The first-order valence-corrected chi connectivity index (χ1v) is 14.0. The Kier molecular flexibility index (Phi) is 9.31. The van der Waals surface area contributed by atoms with Crippen LogP contribution in [0.2, 0.25) is 0 Å². The molecule has 10 heteroatoms. The highest BCUT2D eigenvalue weighted by Crippen LogP contribution is 2.25. The molecule has 7 nitrogen and oxygen atoms in total. The summed E-state index contributed by atoms with van der Waals surface area (Å²) in [6, 6.07) is 21.4. The van der Waals surface area contributed by atoms with Crippen molar-refractivity contribution in [3.63, 3.8) is 0 Å². The number of carbonyl (C=O) groups excluding carboxylic acids is 2. The molecule has 184 valence electrons. The van der Waals surface area contributed by atoms with Gasteiger partial charge in [-0.05, 0) is 83.6 Å². The van der Waals surface area contributed by atoms with E-state index in [0.717, 1.165) is 17.9 Å². The van der Waals surface area contributed by atoms with E-state index in [0.29, 0.717) is 5.69 Å². The molecule has 1 N–H and O–H groups in total. The first kappa shape index (κ1) is 27.2. The predicted molar refractivity (Wildman–Crippen MR) is 148 cm³/mol. The minimum absolute atomic E-state index is 0.0734. The summed E-state index contributed by atoms with van der Waals surface area (Å²) < 4.78 is 30.1. The Morgan fingerprint density at radius 3 is 2.26 bits per heavy atom. The number of amides is 2. The summed E-state index contributed by atoms with van der Waals surface area (Å²) >= 11 is 5.56. The molecule has 1 atom stereocenters. The van der Waals surface area contributed by atoms with Crippen LogP contribution in [0.15, 0.2) is 88.2 Å². The second-order valence-electron chi connectivity index (χ2n) is 7.74. The van der Waals surface area contributed by atoms with Crippen LogP contribution >= 0.6 is 38.5 Å². The molecule has 0 radical (unpaired) electrons. The number of carbonyl (C=O) groups is 2. The third-order valence-corrected chi connectivity index (χ3v) is 8.38. The number of nitrogens with one attached hydrogen (secondary N) is 1. The fourth-order valence-electron chi connectivity index (χ4n) is 3.48. The zero-order valence-electron chi connectivity index (χ0n) is 19.2. The molecule has 0 aliphatic heterocycles. The summed E-state index contributed by atoms with van der Waals surface area (Å²) in [4.78, 5) is 27.6. The lowest BCUT2D eigenvalue weighted by Crippen LogP contribution is -2.50. The van der Waals surface area contributed by atoms with Crippen molar-refractivity contribution in [3.8, 4) is 0 Å². The van der Waals surface area contributed by atoms with Gasteiger partial charge in [0.25, 0.3) is 10.0 Å². The lowest BCUT2D eigenvalue weighted by molar-refractivity contribution is -0.139. The van der Waals surface area contributed by atoms with Crippen LogP contribution in [0, 0.1) is 3.57 Å². The van der Waals surface area contributed by atoms with Crippen LogP contribution in [0.4, 0.5) is 5.69 Å². The quantitative estimate of drug-likeness (QED) is 0.342. The Hall–Kier alpha value is -2.44.